The molecule has 18 heavy (non-hydrogen) atoms. The number of likely N-dealkylation sites (tertiary alicyclic amines) is 1. The fourth-order valence-electron chi connectivity index (χ4n) is 2.32. The van der Waals surface area contributed by atoms with Gasteiger partial charge in [0.2, 0.25) is 0 Å². The zero-order valence-electron chi connectivity index (χ0n) is 10.6. The normalized spacial score (nSPS) is 21.5. The summed E-state index contributed by atoms with van der Waals surface area (Å²) in [5.74, 6) is -0.894. The molecule has 1 unspecified atom stereocenters. The van der Waals surface area contributed by atoms with Crippen LogP contribution in [0.1, 0.15) is 35.9 Å². The Morgan fingerprint density at radius 3 is 3.11 bits per heavy atom. The van der Waals surface area contributed by atoms with Crippen molar-refractivity contribution >= 4 is 23.4 Å². The molecule has 4 heteroatoms. The fraction of sp³-hybridized carbons (Fsp3) is 0.500. The van der Waals surface area contributed by atoms with Gasteiger partial charge in [0.25, 0.3) is 0 Å². The Morgan fingerprint density at radius 2 is 2.39 bits per heavy atom. The summed E-state index contributed by atoms with van der Waals surface area (Å²) in [6.45, 7) is 4.46. The molecule has 0 bridgehead atoms. The molecule has 98 valence electrons. The van der Waals surface area contributed by atoms with Gasteiger partial charge in [0, 0.05) is 28.4 Å². The van der Waals surface area contributed by atoms with E-state index in [0.717, 1.165) is 11.4 Å². The minimum absolute atomic E-state index is 0.666. The van der Waals surface area contributed by atoms with Crippen LogP contribution in [0.5, 0.6) is 0 Å². The van der Waals surface area contributed by atoms with E-state index in [1.165, 1.54) is 36.8 Å². The molecule has 1 aromatic heterocycles. The Hall–Kier alpha value is -1.13. The summed E-state index contributed by atoms with van der Waals surface area (Å²) in [5, 5.41) is 8.59. The van der Waals surface area contributed by atoms with Gasteiger partial charge in [-0.15, -0.1) is 11.3 Å². The zero-order valence-corrected chi connectivity index (χ0v) is 11.4. The second-order valence-electron chi connectivity index (χ2n) is 4.79. The quantitative estimate of drug-likeness (QED) is 0.850. The maximum atomic E-state index is 10.4. The van der Waals surface area contributed by atoms with Gasteiger partial charge in [-0.05, 0) is 44.5 Å². The maximum Gasteiger partial charge on any atom is 0.328 e. The molecule has 0 aliphatic carbocycles. The minimum Gasteiger partial charge on any atom is -0.478 e. The third-order valence-electron chi connectivity index (χ3n) is 3.37. The SMILES string of the molecule is CC1CCCCN1Cc1ccc(C=CC(=O)O)s1. The van der Waals surface area contributed by atoms with Gasteiger partial charge in [-0.3, -0.25) is 4.90 Å². The molecule has 1 atom stereocenters. The number of hydrogen-bond acceptors (Lipinski definition) is 3. The smallest absolute Gasteiger partial charge is 0.328 e. The summed E-state index contributed by atoms with van der Waals surface area (Å²) in [5.41, 5.74) is 0. The lowest BCUT2D eigenvalue weighted by atomic mass is 10.0. The number of rotatable bonds is 4. The molecule has 0 saturated carbocycles. The predicted molar refractivity (Wildman–Crippen MR) is 74.7 cm³/mol. The summed E-state index contributed by atoms with van der Waals surface area (Å²) in [4.78, 5) is 15.3. The molecular formula is C14H19NO2S. The first-order chi connectivity index (χ1) is 8.65. The Morgan fingerprint density at radius 1 is 1.56 bits per heavy atom. The molecule has 1 saturated heterocycles. The molecule has 1 N–H and O–H groups in total. The van der Waals surface area contributed by atoms with Crippen molar-refractivity contribution in [2.24, 2.45) is 0 Å². The molecule has 1 aromatic rings. The van der Waals surface area contributed by atoms with Gasteiger partial charge >= 0.3 is 5.97 Å². The Balaban J connectivity index is 1.95. The monoisotopic (exact) mass is 265 g/mol. The predicted octanol–water partition coefficient (Wildman–Crippen LogP) is 3.22. The van der Waals surface area contributed by atoms with E-state index < -0.39 is 5.97 Å². The lowest BCUT2D eigenvalue weighted by Gasteiger charge is -2.32. The first-order valence-corrected chi connectivity index (χ1v) is 7.20. The average Bonchev–Trinajstić information content (AvgIpc) is 2.77. The minimum atomic E-state index is -0.894. The van der Waals surface area contributed by atoms with Crippen LogP contribution in [0.3, 0.4) is 0 Å². The van der Waals surface area contributed by atoms with E-state index in [-0.39, 0.29) is 0 Å². The van der Waals surface area contributed by atoms with Crippen molar-refractivity contribution in [3.63, 3.8) is 0 Å². The van der Waals surface area contributed by atoms with E-state index in [4.69, 9.17) is 5.11 Å². The van der Waals surface area contributed by atoms with Crippen LogP contribution in [0.2, 0.25) is 0 Å². The van der Waals surface area contributed by atoms with Gasteiger partial charge in [0.05, 0.1) is 0 Å². The van der Waals surface area contributed by atoms with Gasteiger partial charge in [-0.1, -0.05) is 6.42 Å². The van der Waals surface area contributed by atoms with E-state index in [9.17, 15) is 4.79 Å². The maximum absolute atomic E-state index is 10.4. The number of carboxylic acid groups (broad SMARTS) is 1. The number of piperidine rings is 1. The summed E-state index contributed by atoms with van der Waals surface area (Å²) in [7, 11) is 0. The molecule has 2 rings (SSSR count). The van der Waals surface area contributed by atoms with Crippen molar-refractivity contribution in [1.29, 1.82) is 0 Å². The van der Waals surface area contributed by atoms with E-state index in [1.807, 2.05) is 6.07 Å². The first kappa shape index (κ1) is 13.3. The topological polar surface area (TPSA) is 40.5 Å². The molecule has 0 aromatic carbocycles. The largest absolute Gasteiger partial charge is 0.478 e. The van der Waals surface area contributed by atoms with E-state index in [0.29, 0.717) is 6.04 Å². The third kappa shape index (κ3) is 3.68. The number of thiophene rings is 1. The molecule has 1 fully saturated rings. The van der Waals surface area contributed by atoms with Gasteiger partial charge in [0.1, 0.15) is 0 Å². The number of nitrogens with zero attached hydrogens (tertiary/aromatic N) is 1. The molecule has 0 amide bonds. The van der Waals surface area contributed by atoms with E-state index in [2.05, 4.69) is 17.9 Å². The van der Waals surface area contributed by atoms with E-state index >= 15 is 0 Å². The number of carbonyl (C=O) groups is 1. The van der Waals surface area contributed by atoms with E-state index in [1.54, 1.807) is 17.4 Å². The highest BCUT2D eigenvalue weighted by molar-refractivity contribution is 7.12. The molecule has 0 spiro atoms. The van der Waals surface area contributed by atoms with Crippen molar-refractivity contribution in [3.05, 3.63) is 28.0 Å². The van der Waals surface area contributed by atoms with Gasteiger partial charge in [-0.2, -0.15) is 0 Å². The molecule has 2 heterocycles. The van der Waals surface area contributed by atoms with Crippen LogP contribution in [0.15, 0.2) is 18.2 Å². The Labute approximate surface area is 112 Å². The second kappa shape index (κ2) is 6.16. The van der Waals surface area contributed by atoms with Crippen molar-refractivity contribution < 1.29 is 9.90 Å². The summed E-state index contributed by atoms with van der Waals surface area (Å²) in [6.07, 6.45) is 6.78. The fourth-order valence-corrected chi connectivity index (χ4v) is 3.26. The van der Waals surface area contributed by atoms with Crippen LogP contribution >= 0.6 is 11.3 Å². The average molecular weight is 265 g/mol. The van der Waals surface area contributed by atoms with Crippen LogP contribution in [0, 0.1) is 0 Å². The molecule has 0 radical (unpaired) electrons. The van der Waals surface area contributed by atoms with Gasteiger partial charge in [-0.25, -0.2) is 4.79 Å². The highest BCUT2D eigenvalue weighted by Gasteiger charge is 2.18. The summed E-state index contributed by atoms with van der Waals surface area (Å²) >= 11 is 1.68. The third-order valence-corrected chi connectivity index (χ3v) is 4.41. The Bertz CT molecular complexity index is 439. The van der Waals surface area contributed by atoms with Crippen molar-refractivity contribution in [3.8, 4) is 0 Å². The first-order valence-electron chi connectivity index (χ1n) is 6.39. The summed E-state index contributed by atoms with van der Waals surface area (Å²) < 4.78 is 0. The molecular weight excluding hydrogens is 246 g/mol. The van der Waals surface area contributed by atoms with Crippen molar-refractivity contribution in [2.75, 3.05) is 6.54 Å². The van der Waals surface area contributed by atoms with Crippen LogP contribution in [-0.4, -0.2) is 28.6 Å². The standard InChI is InChI=1S/C14H19NO2S/c1-11-4-2-3-9-15(11)10-13-6-5-12(18-13)7-8-14(16)17/h5-8,11H,2-4,9-10H2,1H3,(H,16,17). The van der Waals surface area contributed by atoms with Crippen molar-refractivity contribution in [2.45, 2.75) is 38.8 Å². The number of aliphatic carboxylic acids is 1. The van der Waals surface area contributed by atoms with Crippen molar-refractivity contribution in [1.82, 2.24) is 4.90 Å². The lowest BCUT2D eigenvalue weighted by Crippen LogP contribution is -2.36. The molecule has 1 aliphatic rings. The van der Waals surface area contributed by atoms with Gasteiger partial charge < -0.3 is 5.11 Å². The van der Waals surface area contributed by atoms with Gasteiger partial charge in [0.15, 0.2) is 0 Å². The van der Waals surface area contributed by atoms with Crippen LogP contribution < -0.4 is 0 Å². The van der Waals surface area contributed by atoms with Crippen LogP contribution in [-0.2, 0) is 11.3 Å². The lowest BCUT2D eigenvalue weighted by molar-refractivity contribution is -0.131. The highest BCUT2D eigenvalue weighted by atomic mass is 32.1. The second-order valence-corrected chi connectivity index (χ2v) is 5.99. The number of hydrogen-bond donors (Lipinski definition) is 1. The highest BCUT2D eigenvalue weighted by Crippen LogP contribution is 2.24. The zero-order chi connectivity index (χ0) is 13.0. The van der Waals surface area contributed by atoms with Crippen LogP contribution in [0.4, 0.5) is 0 Å². The molecule has 1 aliphatic heterocycles. The number of carboxylic acids is 1. The van der Waals surface area contributed by atoms with Crippen LogP contribution in [0.25, 0.3) is 6.08 Å². The summed E-state index contributed by atoms with van der Waals surface area (Å²) in [6, 6.07) is 4.76. The Kier molecular flexibility index (Phi) is 4.55. The molecule has 3 nitrogen and oxygen atoms in total.